The van der Waals surface area contributed by atoms with E-state index in [1.54, 1.807) is 0 Å². The maximum Gasteiger partial charge on any atom is 0.228 e. The molecule has 1 heterocycles. The third kappa shape index (κ3) is 2.46. The van der Waals surface area contributed by atoms with E-state index in [0.717, 1.165) is 22.4 Å². The Hall–Kier alpha value is -1.51. The highest BCUT2D eigenvalue weighted by molar-refractivity contribution is 6.30. The molecule has 0 spiro atoms. The maximum absolute atomic E-state index is 11.3. The third-order valence-corrected chi connectivity index (χ3v) is 3.97. The van der Waals surface area contributed by atoms with Gasteiger partial charge in [-0.2, -0.15) is 0 Å². The van der Waals surface area contributed by atoms with Crippen molar-refractivity contribution in [1.82, 2.24) is 0 Å². The van der Waals surface area contributed by atoms with E-state index in [1.807, 2.05) is 42.5 Å². The normalized spacial score (nSPS) is 14.9. The van der Waals surface area contributed by atoms with Crippen molar-refractivity contribution in [2.24, 2.45) is 0 Å². The average molecular weight is 292 g/mol. The molecule has 2 aromatic carbocycles. The first-order valence-electron chi connectivity index (χ1n) is 5.96. The Labute approximate surface area is 121 Å². The number of anilines is 1. The summed E-state index contributed by atoms with van der Waals surface area (Å²) in [7, 11) is 0. The van der Waals surface area contributed by atoms with Crippen LogP contribution >= 0.6 is 23.2 Å². The number of halogens is 2. The van der Waals surface area contributed by atoms with Gasteiger partial charge in [0.1, 0.15) is 0 Å². The highest BCUT2D eigenvalue weighted by atomic mass is 35.5. The molecule has 1 amide bonds. The van der Waals surface area contributed by atoms with Crippen LogP contribution in [0, 0.1) is 0 Å². The fourth-order valence-electron chi connectivity index (χ4n) is 2.23. The number of carbonyl (C=O) groups excluding carboxylic acids is 1. The summed E-state index contributed by atoms with van der Waals surface area (Å²) in [5.74, 6) is 0.0322. The number of rotatable bonds is 2. The lowest BCUT2D eigenvalue weighted by atomic mass is 10.0. The van der Waals surface area contributed by atoms with Crippen LogP contribution in [0.3, 0.4) is 0 Å². The zero-order valence-corrected chi connectivity index (χ0v) is 11.5. The summed E-state index contributed by atoms with van der Waals surface area (Å²) < 4.78 is 0. The van der Waals surface area contributed by atoms with Crippen LogP contribution in [-0.2, 0) is 11.2 Å². The Bertz CT molecular complexity index is 637. The van der Waals surface area contributed by atoms with Crippen LogP contribution in [0.25, 0.3) is 0 Å². The second-order valence-electron chi connectivity index (χ2n) is 4.56. The molecule has 0 saturated heterocycles. The van der Waals surface area contributed by atoms with Crippen molar-refractivity contribution in [3.63, 3.8) is 0 Å². The van der Waals surface area contributed by atoms with Gasteiger partial charge in [-0.05, 0) is 34.9 Å². The summed E-state index contributed by atoms with van der Waals surface area (Å²) in [4.78, 5) is 11.3. The first-order valence-corrected chi connectivity index (χ1v) is 6.77. The molecule has 0 radical (unpaired) electrons. The van der Waals surface area contributed by atoms with Gasteiger partial charge in [0.05, 0.1) is 11.8 Å². The van der Waals surface area contributed by atoms with Crippen molar-refractivity contribution in [3.8, 4) is 0 Å². The summed E-state index contributed by atoms with van der Waals surface area (Å²) in [5, 5.41) is 3.26. The lowest BCUT2D eigenvalue weighted by molar-refractivity contribution is -0.115. The van der Waals surface area contributed by atoms with Crippen molar-refractivity contribution >= 4 is 34.8 Å². The van der Waals surface area contributed by atoms with Crippen molar-refractivity contribution in [2.45, 2.75) is 11.8 Å². The van der Waals surface area contributed by atoms with Gasteiger partial charge in [0.15, 0.2) is 0 Å². The maximum atomic E-state index is 11.3. The van der Waals surface area contributed by atoms with E-state index < -0.39 is 0 Å². The molecule has 0 bridgehead atoms. The summed E-state index contributed by atoms with van der Waals surface area (Å²) in [6, 6.07) is 13.3. The van der Waals surface area contributed by atoms with Crippen LogP contribution in [0.2, 0.25) is 5.02 Å². The number of carbonyl (C=O) groups is 1. The summed E-state index contributed by atoms with van der Waals surface area (Å²) in [6.45, 7) is 0. The van der Waals surface area contributed by atoms with E-state index in [2.05, 4.69) is 5.32 Å². The van der Waals surface area contributed by atoms with Crippen molar-refractivity contribution in [2.75, 3.05) is 5.32 Å². The smallest absolute Gasteiger partial charge is 0.228 e. The van der Waals surface area contributed by atoms with Gasteiger partial charge in [0.2, 0.25) is 5.91 Å². The Morgan fingerprint density at radius 1 is 1.05 bits per heavy atom. The SMILES string of the molecule is O=C1Cc2cc(C(Cl)c3ccc(Cl)cc3)ccc2N1. The molecule has 1 aliphatic heterocycles. The number of hydrogen-bond acceptors (Lipinski definition) is 1. The molecule has 19 heavy (non-hydrogen) atoms. The van der Waals surface area contributed by atoms with Crippen molar-refractivity contribution in [3.05, 3.63) is 64.2 Å². The Morgan fingerprint density at radius 3 is 2.47 bits per heavy atom. The second-order valence-corrected chi connectivity index (χ2v) is 5.43. The molecule has 0 aliphatic carbocycles. The molecular formula is C15H11Cl2NO. The molecule has 2 nitrogen and oxygen atoms in total. The molecular weight excluding hydrogens is 281 g/mol. The first kappa shape index (κ1) is 12.5. The molecule has 1 unspecified atom stereocenters. The zero-order valence-electron chi connectivity index (χ0n) is 9.99. The van der Waals surface area contributed by atoms with E-state index in [9.17, 15) is 4.79 Å². The largest absolute Gasteiger partial charge is 0.326 e. The molecule has 2 aromatic rings. The molecule has 0 saturated carbocycles. The molecule has 96 valence electrons. The average Bonchev–Trinajstić information content (AvgIpc) is 2.77. The Kier molecular flexibility index (Phi) is 3.21. The van der Waals surface area contributed by atoms with Gasteiger partial charge in [-0.3, -0.25) is 4.79 Å². The summed E-state index contributed by atoms with van der Waals surface area (Å²) >= 11 is 12.3. The van der Waals surface area contributed by atoms with Crippen molar-refractivity contribution in [1.29, 1.82) is 0 Å². The number of alkyl halides is 1. The van der Waals surface area contributed by atoms with Gasteiger partial charge in [-0.1, -0.05) is 35.9 Å². The van der Waals surface area contributed by atoms with Crippen LogP contribution < -0.4 is 5.32 Å². The molecule has 1 atom stereocenters. The minimum Gasteiger partial charge on any atom is -0.326 e. The monoisotopic (exact) mass is 291 g/mol. The Morgan fingerprint density at radius 2 is 1.74 bits per heavy atom. The molecule has 0 fully saturated rings. The van der Waals surface area contributed by atoms with E-state index in [1.165, 1.54) is 0 Å². The highest BCUT2D eigenvalue weighted by Gasteiger charge is 2.19. The number of nitrogens with one attached hydrogen (secondary N) is 1. The van der Waals surface area contributed by atoms with Gasteiger partial charge in [-0.15, -0.1) is 11.6 Å². The Balaban J connectivity index is 1.92. The van der Waals surface area contributed by atoms with E-state index in [4.69, 9.17) is 23.2 Å². The van der Waals surface area contributed by atoms with Gasteiger partial charge < -0.3 is 5.32 Å². The molecule has 3 rings (SSSR count). The highest BCUT2D eigenvalue weighted by Crippen LogP contribution is 2.33. The van der Waals surface area contributed by atoms with Gasteiger partial charge in [0, 0.05) is 10.7 Å². The predicted molar refractivity (Wildman–Crippen MR) is 77.9 cm³/mol. The zero-order chi connectivity index (χ0) is 13.4. The van der Waals surface area contributed by atoms with E-state index >= 15 is 0 Å². The molecule has 1 N–H and O–H groups in total. The fourth-order valence-corrected chi connectivity index (χ4v) is 2.64. The lowest BCUT2D eigenvalue weighted by Crippen LogP contribution is -2.03. The van der Waals surface area contributed by atoms with Crippen LogP contribution in [0.5, 0.6) is 0 Å². The molecule has 0 aromatic heterocycles. The number of benzene rings is 2. The quantitative estimate of drug-likeness (QED) is 0.827. The van der Waals surface area contributed by atoms with Crippen molar-refractivity contribution < 1.29 is 4.79 Å². The number of fused-ring (bicyclic) bond motifs is 1. The minimum atomic E-state index is -0.238. The van der Waals surface area contributed by atoms with Crippen LogP contribution in [0.4, 0.5) is 5.69 Å². The lowest BCUT2D eigenvalue weighted by Gasteiger charge is -2.11. The van der Waals surface area contributed by atoms with Gasteiger partial charge >= 0.3 is 0 Å². The minimum absolute atomic E-state index is 0.0322. The second kappa shape index (κ2) is 4.87. The van der Waals surface area contributed by atoms with E-state index in [-0.39, 0.29) is 11.3 Å². The predicted octanol–water partition coefficient (Wildman–Crippen LogP) is 4.16. The molecule has 1 aliphatic rings. The van der Waals surface area contributed by atoms with Crippen LogP contribution in [0.15, 0.2) is 42.5 Å². The van der Waals surface area contributed by atoms with Gasteiger partial charge in [0.25, 0.3) is 0 Å². The first-order chi connectivity index (χ1) is 9.13. The third-order valence-electron chi connectivity index (χ3n) is 3.21. The standard InChI is InChI=1S/C15H11Cl2NO/c16-12-4-1-9(2-5-12)15(17)10-3-6-13-11(7-10)8-14(19)18-13/h1-7,15H,8H2,(H,18,19). The summed E-state index contributed by atoms with van der Waals surface area (Å²) in [5.41, 5.74) is 3.86. The van der Waals surface area contributed by atoms with Crippen LogP contribution in [0.1, 0.15) is 22.1 Å². The van der Waals surface area contributed by atoms with E-state index in [0.29, 0.717) is 11.4 Å². The topological polar surface area (TPSA) is 29.1 Å². The van der Waals surface area contributed by atoms with Crippen LogP contribution in [-0.4, -0.2) is 5.91 Å². The number of amides is 1. The molecule has 4 heteroatoms. The number of hydrogen-bond donors (Lipinski definition) is 1. The fraction of sp³-hybridized carbons (Fsp3) is 0.133. The van der Waals surface area contributed by atoms with Gasteiger partial charge in [-0.25, -0.2) is 0 Å². The summed E-state index contributed by atoms with van der Waals surface area (Å²) in [6.07, 6.45) is 0.424.